The zero-order valence-corrected chi connectivity index (χ0v) is 13.3. The zero-order chi connectivity index (χ0) is 18.3. The van der Waals surface area contributed by atoms with Gasteiger partial charge in [0.1, 0.15) is 24.0 Å². The molecule has 0 saturated heterocycles. The molecule has 7 heteroatoms. The van der Waals surface area contributed by atoms with Crippen LogP contribution in [0.3, 0.4) is 0 Å². The topological polar surface area (TPSA) is 79.1 Å². The minimum absolute atomic E-state index is 0.0168. The van der Waals surface area contributed by atoms with Gasteiger partial charge in [-0.2, -0.15) is 0 Å². The second-order valence-electron chi connectivity index (χ2n) is 5.69. The largest absolute Gasteiger partial charge is 0.453 e. The number of imidazole rings is 1. The molecule has 26 heavy (non-hydrogen) atoms. The molecule has 0 spiro atoms. The van der Waals surface area contributed by atoms with Gasteiger partial charge in [-0.3, -0.25) is 4.79 Å². The Hall–Kier alpha value is -3.32. The number of H-pyrrole nitrogens is 1. The Kier molecular flexibility index (Phi) is 3.85. The summed E-state index contributed by atoms with van der Waals surface area (Å²) in [7, 11) is 0. The number of rotatable bonds is 4. The number of carbonyl (C=O) groups excluding carboxylic acids is 1. The molecule has 5 nitrogen and oxygen atoms in total. The molecule has 0 radical (unpaired) electrons. The summed E-state index contributed by atoms with van der Waals surface area (Å²) >= 11 is 0. The molecule has 0 aliphatic heterocycles. The van der Waals surface area contributed by atoms with Crippen molar-refractivity contribution in [2.45, 2.75) is 0 Å². The fraction of sp³-hybridized carbons (Fsp3) is 0.0526. The van der Waals surface area contributed by atoms with Crippen molar-refractivity contribution in [3.05, 3.63) is 65.7 Å². The van der Waals surface area contributed by atoms with E-state index in [0.29, 0.717) is 28.2 Å². The smallest absolute Gasteiger partial charge is 0.188 e. The molecule has 0 aliphatic carbocycles. The van der Waals surface area contributed by atoms with Crippen molar-refractivity contribution in [2.24, 2.45) is 0 Å². The van der Waals surface area contributed by atoms with Crippen LogP contribution in [0.15, 0.2) is 52.9 Å². The van der Waals surface area contributed by atoms with Crippen LogP contribution in [0.2, 0.25) is 0 Å². The van der Waals surface area contributed by atoms with Gasteiger partial charge < -0.3 is 14.5 Å². The van der Waals surface area contributed by atoms with E-state index in [1.165, 1.54) is 6.07 Å². The van der Waals surface area contributed by atoms with E-state index in [1.807, 2.05) is 0 Å². The third kappa shape index (κ3) is 2.78. The van der Waals surface area contributed by atoms with Crippen molar-refractivity contribution in [1.29, 1.82) is 0 Å². The number of furan rings is 1. The number of halogens is 2. The summed E-state index contributed by atoms with van der Waals surface area (Å²) in [6.45, 7) is -0.576. The number of hydrogen-bond donors (Lipinski definition) is 2. The van der Waals surface area contributed by atoms with Gasteiger partial charge in [-0.15, -0.1) is 0 Å². The lowest BCUT2D eigenvalue weighted by Gasteiger charge is -1.99. The third-order valence-corrected chi connectivity index (χ3v) is 3.98. The maximum atomic E-state index is 13.9. The highest BCUT2D eigenvalue weighted by molar-refractivity contribution is 5.99. The van der Waals surface area contributed by atoms with E-state index >= 15 is 0 Å². The summed E-state index contributed by atoms with van der Waals surface area (Å²) < 4.78 is 32.9. The Morgan fingerprint density at radius 2 is 1.88 bits per heavy atom. The average molecular weight is 354 g/mol. The molecule has 130 valence electrons. The number of fused-ring (bicyclic) bond motifs is 1. The van der Waals surface area contributed by atoms with Gasteiger partial charge in [-0.05, 0) is 48.5 Å². The molecule has 0 unspecified atom stereocenters. The highest BCUT2D eigenvalue weighted by atomic mass is 19.1. The lowest BCUT2D eigenvalue weighted by Crippen LogP contribution is -2.03. The molecule has 4 rings (SSSR count). The average Bonchev–Trinajstić information content (AvgIpc) is 3.28. The summed E-state index contributed by atoms with van der Waals surface area (Å²) in [5.41, 5.74) is 1.57. The first-order valence-electron chi connectivity index (χ1n) is 7.74. The van der Waals surface area contributed by atoms with Crippen molar-refractivity contribution in [3.63, 3.8) is 0 Å². The van der Waals surface area contributed by atoms with E-state index in [0.717, 1.165) is 18.2 Å². The molecule has 2 N–H and O–H groups in total. The first-order valence-corrected chi connectivity index (χ1v) is 7.74. The fourth-order valence-corrected chi connectivity index (χ4v) is 2.69. The molecule has 0 atom stereocenters. The molecule has 4 aromatic rings. The molecule has 2 aromatic carbocycles. The Labute approximate surface area is 145 Å². The molecule has 2 heterocycles. The highest BCUT2D eigenvalue weighted by Gasteiger charge is 2.15. The first-order chi connectivity index (χ1) is 12.5. The van der Waals surface area contributed by atoms with Crippen molar-refractivity contribution >= 4 is 16.8 Å². The number of carbonyl (C=O) groups is 1. The first kappa shape index (κ1) is 16.2. The minimum atomic E-state index is -0.593. The highest BCUT2D eigenvalue weighted by Crippen LogP contribution is 2.30. The van der Waals surface area contributed by atoms with Crippen LogP contribution in [0.4, 0.5) is 8.78 Å². The molecule has 2 aromatic heterocycles. The van der Waals surface area contributed by atoms with Gasteiger partial charge >= 0.3 is 0 Å². The van der Waals surface area contributed by atoms with E-state index < -0.39 is 24.0 Å². The summed E-state index contributed by atoms with van der Waals surface area (Å²) in [6, 6.07) is 11.1. The van der Waals surface area contributed by atoms with Crippen LogP contribution in [0, 0.1) is 11.6 Å². The number of aliphatic hydroxyl groups excluding tert-OH is 1. The predicted octanol–water partition coefficient (Wildman–Crippen LogP) is 3.94. The maximum Gasteiger partial charge on any atom is 0.188 e. The molecular weight excluding hydrogens is 342 g/mol. The molecule has 0 aliphatic rings. The lowest BCUT2D eigenvalue weighted by molar-refractivity contribution is 0.0904. The lowest BCUT2D eigenvalue weighted by atomic mass is 10.1. The number of ketones is 1. The van der Waals surface area contributed by atoms with E-state index in [1.54, 1.807) is 24.3 Å². The third-order valence-electron chi connectivity index (χ3n) is 3.98. The van der Waals surface area contributed by atoms with Gasteiger partial charge in [0.15, 0.2) is 17.4 Å². The van der Waals surface area contributed by atoms with Crippen LogP contribution >= 0.6 is 0 Å². The van der Waals surface area contributed by atoms with E-state index in [9.17, 15) is 13.6 Å². The van der Waals surface area contributed by atoms with Crippen molar-refractivity contribution in [3.8, 4) is 22.9 Å². The summed E-state index contributed by atoms with van der Waals surface area (Å²) in [6.07, 6.45) is 0. The minimum Gasteiger partial charge on any atom is -0.453 e. The van der Waals surface area contributed by atoms with Crippen LogP contribution < -0.4 is 0 Å². The second kappa shape index (κ2) is 6.20. The van der Waals surface area contributed by atoms with Gasteiger partial charge in [0, 0.05) is 5.56 Å². The monoisotopic (exact) mass is 354 g/mol. The molecule has 0 fully saturated rings. The Morgan fingerprint density at radius 1 is 1.08 bits per heavy atom. The summed E-state index contributed by atoms with van der Waals surface area (Å²) in [5, 5.41) is 8.95. The van der Waals surface area contributed by atoms with E-state index in [4.69, 9.17) is 9.52 Å². The quantitative estimate of drug-likeness (QED) is 0.544. The van der Waals surface area contributed by atoms with E-state index in [-0.39, 0.29) is 11.3 Å². The maximum absolute atomic E-state index is 13.9. The Morgan fingerprint density at radius 3 is 2.69 bits per heavy atom. The predicted molar refractivity (Wildman–Crippen MR) is 90.6 cm³/mol. The van der Waals surface area contributed by atoms with Crippen molar-refractivity contribution in [2.75, 3.05) is 6.61 Å². The van der Waals surface area contributed by atoms with Crippen LogP contribution in [-0.2, 0) is 0 Å². The second-order valence-corrected chi connectivity index (χ2v) is 5.69. The summed E-state index contributed by atoms with van der Waals surface area (Å²) in [5.74, 6) is -0.654. The van der Waals surface area contributed by atoms with Gasteiger partial charge in [0.05, 0.1) is 16.6 Å². The molecule has 0 saturated carbocycles. The van der Waals surface area contributed by atoms with Crippen LogP contribution in [0.25, 0.3) is 33.9 Å². The Bertz CT molecular complexity index is 1130. The van der Waals surface area contributed by atoms with Crippen LogP contribution in [-0.4, -0.2) is 27.5 Å². The molecule has 0 bridgehead atoms. The number of Topliss-reactive ketones (excluding diaryl/α,β-unsaturated/α-hetero) is 1. The number of nitrogens with zero attached hydrogens (tertiary/aromatic N) is 1. The molecule has 0 amide bonds. The number of nitrogens with one attached hydrogen (secondary N) is 1. The van der Waals surface area contributed by atoms with Crippen molar-refractivity contribution in [1.82, 2.24) is 9.97 Å². The number of aromatic nitrogens is 2. The SMILES string of the molecule is O=C(CO)c1ccc2nc(-c3ccc(-c4cc(F)ccc4F)o3)[nH]c2c1. The number of aromatic amines is 1. The normalized spacial score (nSPS) is 11.2. The van der Waals surface area contributed by atoms with Crippen LogP contribution in [0.1, 0.15) is 10.4 Å². The van der Waals surface area contributed by atoms with Gasteiger partial charge in [0.2, 0.25) is 0 Å². The standard InChI is InChI=1S/C19H12F2N2O3/c20-11-2-3-13(21)12(8-11)17-5-6-18(26-17)19-22-14-4-1-10(16(25)9-24)7-15(14)23-19/h1-8,24H,9H2,(H,22,23). The zero-order valence-electron chi connectivity index (χ0n) is 13.3. The Balaban J connectivity index is 1.73. The van der Waals surface area contributed by atoms with Gasteiger partial charge in [-0.1, -0.05) is 0 Å². The summed E-state index contributed by atoms with van der Waals surface area (Å²) in [4.78, 5) is 19.0. The molecular formula is C19H12F2N2O3. The van der Waals surface area contributed by atoms with E-state index in [2.05, 4.69) is 9.97 Å². The fourth-order valence-electron chi connectivity index (χ4n) is 2.69. The van der Waals surface area contributed by atoms with Gasteiger partial charge in [-0.25, -0.2) is 13.8 Å². The number of aliphatic hydroxyl groups is 1. The van der Waals surface area contributed by atoms with Crippen LogP contribution in [0.5, 0.6) is 0 Å². The van der Waals surface area contributed by atoms with Crippen molar-refractivity contribution < 1.29 is 23.1 Å². The number of benzene rings is 2. The number of hydrogen-bond acceptors (Lipinski definition) is 4. The van der Waals surface area contributed by atoms with Gasteiger partial charge in [0.25, 0.3) is 0 Å².